The van der Waals surface area contributed by atoms with Gasteiger partial charge >= 0.3 is 0 Å². The summed E-state index contributed by atoms with van der Waals surface area (Å²) in [6.07, 6.45) is 0. The Morgan fingerprint density at radius 1 is 1.56 bits per heavy atom. The third-order valence-corrected chi connectivity index (χ3v) is 3.68. The number of halogens is 1. The number of carbonyl (C=O) groups is 1. The van der Waals surface area contributed by atoms with Gasteiger partial charge in [0, 0.05) is 29.9 Å². The van der Waals surface area contributed by atoms with Gasteiger partial charge in [-0.25, -0.2) is 0 Å². The van der Waals surface area contributed by atoms with E-state index in [4.69, 9.17) is 0 Å². The van der Waals surface area contributed by atoms with E-state index in [-0.39, 0.29) is 24.2 Å². The van der Waals surface area contributed by atoms with Crippen molar-refractivity contribution >= 4 is 29.7 Å². The molecule has 90 valence electrons. The zero-order chi connectivity index (χ0) is 10.8. The summed E-state index contributed by atoms with van der Waals surface area (Å²) in [6.45, 7) is 4.51. The van der Waals surface area contributed by atoms with Crippen molar-refractivity contribution in [3.05, 3.63) is 21.9 Å². The molecule has 0 atom stereocenters. The van der Waals surface area contributed by atoms with Gasteiger partial charge in [0.2, 0.25) is 5.91 Å². The number of nitrogens with zero attached hydrogens (tertiary/aromatic N) is 1. The molecule has 0 saturated carbocycles. The molecule has 2 rings (SSSR count). The van der Waals surface area contributed by atoms with Crippen LogP contribution in [-0.2, 0) is 11.3 Å². The van der Waals surface area contributed by atoms with Crippen molar-refractivity contribution in [1.29, 1.82) is 0 Å². The monoisotopic (exact) mass is 260 g/mol. The van der Waals surface area contributed by atoms with Crippen LogP contribution in [0.25, 0.3) is 0 Å². The molecular weight excluding hydrogens is 244 g/mol. The van der Waals surface area contributed by atoms with E-state index in [9.17, 15) is 4.79 Å². The fraction of sp³-hybridized carbons (Fsp3) is 0.545. The lowest BCUT2D eigenvalue weighted by Gasteiger charge is -2.30. The van der Waals surface area contributed by atoms with Crippen LogP contribution in [0.2, 0.25) is 0 Å². The molecule has 1 amide bonds. The molecule has 0 aliphatic carbocycles. The highest BCUT2D eigenvalue weighted by atomic mass is 35.5. The molecule has 1 aliphatic rings. The van der Waals surface area contributed by atoms with Crippen molar-refractivity contribution in [2.45, 2.75) is 13.5 Å². The maximum Gasteiger partial charge on any atom is 0.228 e. The van der Waals surface area contributed by atoms with Crippen molar-refractivity contribution < 1.29 is 4.79 Å². The Labute approximate surface area is 106 Å². The topological polar surface area (TPSA) is 32.3 Å². The van der Waals surface area contributed by atoms with Gasteiger partial charge in [-0.1, -0.05) is 0 Å². The van der Waals surface area contributed by atoms with Crippen molar-refractivity contribution in [2.24, 2.45) is 5.92 Å². The normalized spacial score (nSPS) is 15.1. The molecule has 0 aromatic carbocycles. The Balaban J connectivity index is 0.00000128. The van der Waals surface area contributed by atoms with Gasteiger partial charge in [0.1, 0.15) is 0 Å². The lowest BCUT2D eigenvalue weighted by molar-refractivity contribution is -0.136. The predicted octanol–water partition coefficient (Wildman–Crippen LogP) is 1.66. The minimum Gasteiger partial charge on any atom is -0.340 e. The second kappa shape index (κ2) is 5.66. The summed E-state index contributed by atoms with van der Waals surface area (Å²) >= 11 is 1.76. The van der Waals surface area contributed by atoms with Crippen molar-refractivity contribution in [2.75, 3.05) is 20.1 Å². The molecule has 2 heterocycles. The molecule has 0 bridgehead atoms. The Morgan fingerprint density at radius 2 is 2.25 bits per heavy atom. The molecule has 1 saturated heterocycles. The standard InChI is InChI=1S/C11H16N2OS.ClH/c1-8-3-4-10(15-8)7-13(2)11(14)9-5-12-6-9;/h3-4,9,12H,5-7H2,1-2H3;1H. The van der Waals surface area contributed by atoms with Crippen LogP contribution >= 0.6 is 23.7 Å². The summed E-state index contributed by atoms with van der Waals surface area (Å²) in [5, 5.41) is 3.12. The van der Waals surface area contributed by atoms with Gasteiger partial charge in [0.05, 0.1) is 12.5 Å². The van der Waals surface area contributed by atoms with Crippen molar-refractivity contribution in [3.8, 4) is 0 Å². The fourth-order valence-corrected chi connectivity index (χ4v) is 2.60. The molecule has 1 aromatic heterocycles. The number of thiophene rings is 1. The highest BCUT2D eigenvalue weighted by Crippen LogP contribution is 2.18. The van der Waals surface area contributed by atoms with Crippen LogP contribution in [0.1, 0.15) is 9.75 Å². The minimum absolute atomic E-state index is 0. The van der Waals surface area contributed by atoms with E-state index in [0.717, 1.165) is 19.6 Å². The van der Waals surface area contributed by atoms with Crippen LogP contribution in [0, 0.1) is 12.8 Å². The van der Waals surface area contributed by atoms with Crippen molar-refractivity contribution in [3.63, 3.8) is 0 Å². The summed E-state index contributed by atoms with van der Waals surface area (Å²) < 4.78 is 0. The Bertz CT molecular complexity index is 363. The van der Waals surface area contributed by atoms with Crippen LogP contribution in [0.3, 0.4) is 0 Å². The van der Waals surface area contributed by atoms with Gasteiger partial charge in [-0.15, -0.1) is 23.7 Å². The molecule has 1 N–H and O–H groups in total. The number of hydrogen-bond donors (Lipinski definition) is 1. The number of hydrogen-bond acceptors (Lipinski definition) is 3. The smallest absolute Gasteiger partial charge is 0.228 e. The first kappa shape index (κ1) is 13.5. The highest BCUT2D eigenvalue weighted by molar-refractivity contribution is 7.11. The molecule has 1 aromatic rings. The van der Waals surface area contributed by atoms with E-state index < -0.39 is 0 Å². The SMILES string of the molecule is Cc1ccc(CN(C)C(=O)C2CNC2)s1.Cl. The summed E-state index contributed by atoms with van der Waals surface area (Å²) in [4.78, 5) is 16.2. The highest BCUT2D eigenvalue weighted by Gasteiger charge is 2.27. The second-order valence-corrected chi connectivity index (χ2v) is 5.43. The zero-order valence-corrected chi connectivity index (χ0v) is 11.2. The largest absolute Gasteiger partial charge is 0.340 e. The number of aryl methyl sites for hydroxylation is 1. The third kappa shape index (κ3) is 2.97. The first-order chi connectivity index (χ1) is 7.16. The number of rotatable bonds is 3. The molecular formula is C11H17ClN2OS. The predicted molar refractivity (Wildman–Crippen MR) is 69.1 cm³/mol. The van der Waals surface area contributed by atoms with Crippen LogP contribution in [0.15, 0.2) is 12.1 Å². The number of carbonyl (C=O) groups excluding carboxylic acids is 1. The Kier molecular flexibility index (Phi) is 4.77. The average Bonchev–Trinajstić information content (AvgIpc) is 2.48. The molecule has 0 unspecified atom stereocenters. The van der Waals surface area contributed by atoms with Gasteiger partial charge in [-0.3, -0.25) is 4.79 Å². The molecule has 0 radical (unpaired) electrons. The first-order valence-electron chi connectivity index (χ1n) is 5.18. The molecule has 16 heavy (non-hydrogen) atoms. The number of amides is 1. The van der Waals surface area contributed by atoms with E-state index >= 15 is 0 Å². The Morgan fingerprint density at radius 3 is 2.69 bits per heavy atom. The first-order valence-corrected chi connectivity index (χ1v) is 5.99. The third-order valence-electron chi connectivity index (χ3n) is 2.70. The lowest BCUT2D eigenvalue weighted by atomic mass is 10.0. The zero-order valence-electron chi connectivity index (χ0n) is 9.53. The summed E-state index contributed by atoms with van der Waals surface area (Å²) in [5.74, 6) is 0.468. The molecule has 5 heteroatoms. The van der Waals surface area contributed by atoms with Crippen LogP contribution in [0.4, 0.5) is 0 Å². The molecule has 0 spiro atoms. The van der Waals surface area contributed by atoms with Gasteiger partial charge in [-0.2, -0.15) is 0 Å². The van der Waals surface area contributed by atoms with Gasteiger partial charge in [0.25, 0.3) is 0 Å². The van der Waals surface area contributed by atoms with Gasteiger partial charge in [0.15, 0.2) is 0 Å². The quantitative estimate of drug-likeness (QED) is 0.897. The van der Waals surface area contributed by atoms with E-state index in [1.54, 1.807) is 11.3 Å². The minimum atomic E-state index is 0. The Hall–Kier alpha value is -0.580. The van der Waals surface area contributed by atoms with Crippen LogP contribution in [-0.4, -0.2) is 30.9 Å². The summed E-state index contributed by atoms with van der Waals surface area (Å²) in [5.41, 5.74) is 0. The van der Waals surface area contributed by atoms with E-state index in [2.05, 4.69) is 24.4 Å². The van der Waals surface area contributed by atoms with E-state index in [0.29, 0.717) is 0 Å². The fourth-order valence-electron chi connectivity index (χ4n) is 1.66. The maximum atomic E-state index is 11.8. The van der Waals surface area contributed by atoms with E-state index in [1.165, 1.54) is 9.75 Å². The van der Waals surface area contributed by atoms with Crippen LogP contribution < -0.4 is 5.32 Å². The van der Waals surface area contributed by atoms with Gasteiger partial charge in [-0.05, 0) is 19.1 Å². The molecule has 1 fully saturated rings. The summed E-state index contributed by atoms with van der Waals surface area (Å²) in [7, 11) is 1.88. The second-order valence-electron chi connectivity index (χ2n) is 4.06. The van der Waals surface area contributed by atoms with Crippen LogP contribution in [0.5, 0.6) is 0 Å². The molecule has 1 aliphatic heterocycles. The van der Waals surface area contributed by atoms with Gasteiger partial charge < -0.3 is 10.2 Å². The van der Waals surface area contributed by atoms with E-state index in [1.807, 2.05) is 11.9 Å². The molecule has 3 nitrogen and oxygen atoms in total. The van der Waals surface area contributed by atoms with Crippen molar-refractivity contribution in [1.82, 2.24) is 10.2 Å². The lowest BCUT2D eigenvalue weighted by Crippen LogP contribution is -2.50. The average molecular weight is 261 g/mol. The number of nitrogens with one attached hydrogen (secondary N) is 1. The summed E-state index contributed by atoms with van der Waals surface area (Å²) in [6, 6.07) is 4.20. The maximum absolute atomic E-state index is 11.8.